The molecule has 2 rings (SSSR count). The number of guanidine groups is 1. The number of rotatable bonds is 11. The Balaban J connectivity index is 1.79. The van der Waals surface area contributed by atoms with Crippen LogP contribution in [0.4, 0.5) is 0 Å². The molecule has 1 aromatic carbocycles. The molecule has 1 atom stereocenters. The van der Waals surface area contributed by atoms with E-state index >= 15 is 0 Å². The highest BCUT2D eigenvalue weighted by atomic mass is 16.5. The summed E-state index contributed by atoms with van der Waals surface area (Å²) >= 11 is 0. The van der Waals surface area contributed by atoms with Crippen LogP contribution in [0.2, 0.25) is 0 Å². The summed E-state index contributed by atoms with van der Waals surface area (Å²) in [6, 6.07) is 5.91. The largest absolute Gasteiger partial charge is 0.493 e. The Morgan fingerprint density at radius 1 is 1.26 bits per heavy atom. The molecule has 1 saturated heterocycles. The predicted octanol–water partition coefficient (Wildman–Crippen LogP) is 2.34. The molecule has 1 aromatic rings. The van der Waals surface area contributed by atoms with Crippen LogP contribution >= 0.6 is 0 Å². The Bertz CT molecular complexity index is 574. The summed E-state index contributed by atoms with van der Waals surface area (Å²) in [6.07, 6.45) is 2.20. The van der Waals surface area contributed by atoms with Crippen molar-refractivity contribution in [3.8, 4) is 11.5 Å². The van der Waals surface area contributed by atoms with Crippen molar-refractivity contribution >= 4 is 5.96 Å². The molecule has 0 aliphatic carbocycles. The molecule has 0 radical (unpaired) electrons. The average Bonchev–Trinajstić information content (AvgIpc) is 3.20. The standard InChI is InChI=1S/C20H33N3O4/c1-4-21-20(22-10-6-11-27-17-9-12-25-15-17)23-14-16-7-8-18(26-5-2)19(13-16)24-3/h7-8,13,17H,4-6,9-12,14-15H2,1-3H3,(H2,21,22,23). The second-order valence-electron chi connectivity index (χ2n) is 6.25. The minimum atomic E-state index is 0.265. The predicted molar refractivity (Wildman–Crippen MR) is 107 cm³/mol. The Morgan fingerprint density at radius 2 is 2.15 bits per heavy atom. The smallest absolute Gasteiger partial charge is 0.191 e. The molecule has 7 heteroatoms. The van der Waals surface area contributed by atoms with Crippen molar-refractivity contribution < 1.29 is 18.9 Å². The summed E-state index contributed by atoms with van der Waals surface area (Å²) in [6.45, 7) is 9.09. The highest BCUT2D eigenvalue weighted by Crippen LogP contribution is 2.28. The minimum Gasteiger partial charge on any atom is -0.493 e. The summed E-state index contributed by atoms with van der Waals surface area (Å²) in [5.74, 6) is 2.29. The van der Waals surface area contributed by atoms with E-state index in [0.29, 0.717) is 13.2 Å². The monoisotopic (exact) mass is 379 g/mol. The van der Waals surface area contributed by atoms with E-state index in [9.17, 15) is 0 Å². The SMILES string of the molecule is CCNC(=NCc1ccc(OCC)c(OC)c1)NCCCOC1CCOC1. The van der Waals surface area contributed by atoms with Gasteiger partial charge < -0.3 is 29.6 Å². The van der Waals surface area contributed by atoms with E-state index in [4.69, 9.17) is 18.9 Å². The van der Waals surface area contributed by atoms with Crippen LogP contribution in [0.3, 0.4) is 0 Å². The van der Waals surface area contributed by atoms with Crippen molar-refractivity contribution in [1.29, 1.82) is 0 Å². The zero-order valence-corrected chi connectivity index (χ0v) is 16.8. The number of benzene rings is 1. The van der Waals surface area contributed by atoms with Crippen molar-refractivity contribution in [3.63, 3.8) is 0 Å². The van der Waals surface area contributed by atoms with Crippen LogP contribution in [0.25, 0.3) is 0 Å². The van der Waals surface area contributed by atoms with Gasteiger partial charge in [-0.15, -0.1) is 0 Å². The lowest BCUT2D eigenvalue weighted by molar-refractivity contribution is 0.0420. The van der Waals surface area contributed by atoms with E-state index < -0.39 is 0 Å². The molecule has 152 valence electrons. The Labute approximate surface area is 162 Å². The van der Waals surface area contributed by atoms with Crippen molar-refractivity contribution in [1.82, 2.24) is 10.6 Å². The third-order valence-electron chi connectivity index (χ3n) is 4.15. The number of nitrogens with zero attached hydrogens (tertiary/aromatic N) is 1. The lowest BCUT2D eigenvalue weighted by Gasteiger charge is -2.13. The second-order valence-corrected chi connectivity index (χ2v) is 6.25. The number of ether oxygens (including phenoxy) is 4. The fourth-order valence-corrected chi connectivity index (χ4v) is 2.77. The first kappa shape index (κ1) is 21.3. The van der Waals surface area contributed by atoms with Crippen LogP contribution in [-0.4, -0.2) is 58.7 Å². The highest BCUT2D eigenvalue weighted by molar-refractivity contribution is 5.79. The Hall–Kier alpha value is -1.99. The first-order chi connectivity index (χ1) is 13.3. The molecule has 0 amide bonds. The van der Waals surface area contributed by atoms with Gasteiger partial charge in [0.05, 0.1) is 33.0 Å². The summed E-state index contributed by atoms with van der Waals surface area (Å²) in [5.41, 5.74) is 1.07. The fraction of sp³-hybridized carbons (Fsp3) is 0.650. The van der Waals surface area contributed by atoms with Crippen molar-refractivity contribution in [2.45, 2.75) is 39.3 Å². The number of aliphatic imine (C=N–C) groups is 1. The van der Waals surface area contributed by atoms with Gasteiger partial charge in [-0.25, -0.2) is 4.99 Å². The second kappa shape index (κ2) is 12.4. The molecule has 0 spiro atoms. The van der Waals surface area contributed by atoms with Crippen LogP contribution in [0.15, 0.2) is 23.2 Å². The maximum Gasteiger partial charge on any atom is 0.191 e. The van der Waals surface area contributed by atoms with Crippen LogP contribution in [-0.2, 0) is 16.0 Å². The van der Waals surface area contributed by atoms with E-state index in [2.05, 4.69) is 22.5 Å². The quantitative estimate of drug-likeness (QED) is 0.349. The number of hydrogen-bond donors (Lipinski definition) is 2. The van der Waals surface area contributed by atoms with E-state index in [0.717, 1.165) is 68.8 Å². The first-order valence-corrected chi connectivity index (χ1v) is 9.78. The molecule has 2 N–H and O–H groups in total. The van der Waals surface area contributed by atoms with Crippen LogP contribution in [0, 0.1) is 0 Å². The van der Waals surface area contributed by atoms with Gasteiger partial charge in [-0.2, -0.15) is 0 Å². The summed E-state index contributed by atoms with van der Waals surface area (Å²) in [4.78, 5) is 4.65. The van der Waals surface area contributed by atoms with Crippen LogP contribution in [0.5, 0.6) is 11.5 Å². The molecular weight excluding hydrogens is 346 g/mol. The van der Waals surface area contributed by atoms with Crippen molar-refractivity contribution in [2.75, 3.05) is 46.6 Å². The van der Waals surface area contributed by atoms with Crippen LogP contribution in [0.1, 0.15) is 32.3 Å². The van der Waals surface area contributed by atoms with Gasteiger partial charge in [0.1, 0.15) is 0 Å². The normalized spacial score (nSPS) is 17.0. The zero-order chi connectivity index (χ0) is 19.3. The molecule has 7 nitrogen and oxygen atoms in total. The molecule has 1 unspecified atom stereocenters. The van der Waals surface area contributed by atoms with Gasteiger partial charge in [0, 0.05) is 26.3 Å². The van der Waals surface area contributed by atoms with E-state index in [1.54, 1.807) is 7.11 Å². The molecule has 27 heavy (non-hydrogen) atoms. The van der Waals surface area contributed by atoms with Crippen molar-refractivity contribution in [2.24, 2.45) is 4.99 Å². The highest BCUT2D eigenvalue weighted by Gasteiger charge is 2.15. The van der Waals surface area contributed by atoms with Crippen molar-refractivity contribution in [3.05, 3.63) is 23.8 Å². The van der Waals surface area contributed by atoms with E-state index in [-0.39, 0.29) is 6.10 Å². The number of nitrogens with one attached hydrogen (secondary N) is 2. The van der Waals surface area contributed by atoms with E-state index in [1.807, 2.05) is 25.1 Å². The van der Waals surface area contributed by atoms with E-state index in [1.165, 1.54) is 0 Å². The summed E-state index contributed by atoms with van der Waals surface area (Å²) in [7, 11) is 1.65. The minimum absolute atomic E-state index is 0.265. The van der Waals surface area contributed by atoms with Gasteiger partial charge in [0.15, 0.2) is 17.5 Å². The average molecular weight is 380 g/mol. The maximum atomic E-state index is 5.78. The van der Waals surface area contributed by atoms with Crippen LogP contribution < -0.4 is 20.1 Å². The number of hydrogen-bond acceptors (Lipinski definition) is 5. The van der Waals surface area contributed by atoms with Gasteiger partial charge in [-0.05, 0) is 44.4 Å². The molecule has 1 aliphatic heterocycles. The molecule has 1 fully saturated rings. The zero-order valence-electron chi connectivity index (χ0n) is 16.8. The molecular formula is C20H33N3O4. The van der Waals surface area contributed by atoms with Gasteiger partial charge >= 0.3 is 0 Å². The molecule has 1 heterocycles. The lowest BCUT2D eigenvalue weighted by Crippen LogP contribution is -2.38. The molecule has 0 bridgehead atoms. The maximum absolute atomic E-state index is 5.78. The summed E-state index contributed by atoms with van der Waals surface area (Å²) < 4.78 is 22.0. The molecule has 0 aromatic heterocycles. The Kier molecular flexibility index (Phi) is 9.79. The topological polar surface area (TPSA) is 73.3 Å². The fourth-order valence-electron chi connectivity index (χ4n) is 2.77. The van der Waals surface area contributed by atoms with Gasteiger partial charge in [-0.3, -0.25) is 0 Å². The third kappa shape index (κ3) is 7.64. The Morgan fingerprint density at radius 3 is 2.85 bits per heavy atom. The van der Waals surface area contributed by atoms with Gasteiger partial charge in [-0.1, -0.05) is 6.07 Å². The lowest BCUT2D eigenvalue weighted by atomic mass is 10.2. The third-order valence-corrected chi connectivity index (χ3v) is 4.15. The molecule has 0 saturated carbocycles. The summed E-state index contributed by atoms with van der Waals surface area (Å²) in [5, 5.41) is 6.62. The first-order valence-electron chi connectivity index (χ1n) is 9.78. The van der Waals surface area contributed by atoms with Gasteiger partial charge in [0.25, 0.3) is 0 Å². The van der Waals surface area contributed by atoms with Gasteiger partial charge in [0.2, 0.25) is 0 Å². The molecule has 1 aliphatic rings. The number of methoxy groups -OCH3 is 1.